The van der Waals surface area contributed by atoms with Gasteiger partial charge in [-0.1, -0.05) is 12.1 Å². The lowest BCUT2D eigenvalue weighted by Gasteiger charge is -2.04. The Kier molecular flexibility index (Phi) is 4.01. The van der Waals surface area contributed by atoms with Crippen LogP contribution in [0.4, 0.5) is 10.1 Å². The number of halogens is 1. The van der Waals surface area contributed by atoms with E-state index in [1.807, 2.05) is 0 Å². The number of anilines is 1. The van der Waals surface area contributed by atoms with Gasteiger partial charge in [-0.05, 0) is 12.1 Å². The molecule has 1 aromatic heterocycles. The Hall–Kier alpha value is -1.79. The molecule has 0 unspecified atom stereocenters. The van der Waals surface area contributed by atoms with Gasteiger partial charge in [0.15, 0.2) is 0 Å². The fourth-order valence-electron chi connectivity index (χ4n) is 1.40. The third-order valence-corrected chi connectivity index (χ3v) is 3.12. The summed E-state index contributed by atoms with van der Waals surface area (Å²) in [6.45, 7) is -0.147. The second-order valence-corrected chi connectivity index (χ2v) is 4.54. The van der Waals surface area contributed by atoms with Crippen LogP contribution in [0.2, 0.25) is 0 Å². The van der Waals surface area contributed by atoms with E-state index >= 15 is 0 Å². The molecule has 94 valence electrons. The molecule has 1 heterocycles. The summed E-state index contributed by atoms with van der Waals surface area (Å²) in [6.07, 6.45) is 0.0685. The number of para-hydroxylation sites is 1. The van der Waals surface area contributed by atoms with E-state index < -0.39 is 5.82 Å². The van der Waals surface area contributed by atoms with Crippen molar-refractivity contribution in [3.63, 3.8) is 0 Å². The molecule has 2 rings (SSSR count). The van der Waals surface area contributed by atoms with Crippen LogP contribution >= 0.6 is 11.3 Å². The van der Waals surface area contributed by atoms with Crippen LogP contribution in [0.25, 0.3) is 0 Å². The van der Waals surface area contributed by atoms with Gasteiger partial charge in [-0.15, -0.1) is 11.3 Å². The Morgan fingerprint density at radius 3 is 2.89 bits per heavy atom. The number of nitrogens with zero attached hydrogens (tertiary/aromatic N) is 1. The van der Waals surface area contributed by atoms with Gasteiger partial charge >= 0.3 is 0 Å². The Morgan fingerprint density at radius 2 is 2.22 bits per heavy atom. The first-order valence-corrected chi connectivity index (χ1v) is 6.15. The molecular weight excluding hydrogens is 255 g/mol. The van der Waals surface area contributed by atoms with Gasteiger partial charge < -0.3 is 10.4 Å². The highest BCUT2D eigenvalue weighted by Crippen LogP contribution is 2.14. The predicted molar refractivity (Wildman–Crippen MR) is 66.8 cm³/mol. The topological polar surface area (TPSA) is 62.2 Å². The highest BCUT2D eigenvalue weighted by atomic mass is 32.1. The van der Waals surface area contributed by atoms with Crippen LogP contribution in [-0.2, 0) is 17.8 Å². The number of hydrogen-bond donors (Lipinski definition) is 2. The first-order chi connectivity index (χ1) is 8.69. The van der Waals surface area contributed by atoms with Crippen molar-refractivity contribution in [2.24, 2.45) is 0 Å². The molecule has 0 saturated heterocycles. The van der Waals surface area contributed by atoms with Gasteiger partial charge in [-0.3, -0.25) is 4.79 Å². The number of aromatic nitrogens is 1. The van der Waals surface area contributed by atoms with Crippen molar-refractivity contribution in [3.8, 4) is 0 Å². The molecule has 0 aliphatic carbocycles. The molecule has 0 spiro atoms. The summed E-state index contributed by atoms with van der Waals surface area (Å²) >= 11 is 1.29. The molecule has 6 heteroatoms. The Bertz CT molecular complexity index is 557. The maximum atomic E-state index is 13.3. The zero-order valence-electron chi connectivity index (χ0n) is 9.39. The van der Waals surface area contributed by atoms with Crippen molar-refractivity contribution in [3.05, 3.63) is 46.2 Å². The number of nitrogens with one attached hydrogen (secondary N) is 1. The second kappa shape index (κ2) is 5.70. The van der Waals surface area contributed by atoms with Crippen molar-refractivity contribution in [1.29, 1.82) is 0 Å². The Balaban J connectivity index is 1.99. The van der Waals surface area contributed by atoms with Crippen LogP contribution in [0.1, 0.15) is 10.7 Å². The minimum Gasteiger partial charge on any atom is -0.390 e. The van der Waals surface area contributed by atoms with Gasteiger partial charge in [0.05, 0.1) is 24.4 Å². The Labute approximate surface area is 107 Å². The third kappa shape index (κ3) is 3.12. The van der Waals surface area contributed by atoms with E-state index in [9.17, 15) is 9.18 Å². The summed E-state index contributed by atoms with van der Waals surface area (Å²) in [5, 5.41) is 13.6. The quantitative estimate of drug-likeness (QED) is 0.889. The molecule has 0 bridgehead atoms. The minimum absolute atomic E-state index is 0.0685. The monoisotopic (exact) mass is 266 g/mol. The molecule has 2 aromatic rings. The van der Waals surface area contributed by atoms with Crippen molar-refractivity contribution in [1.82, 2.24) is 4.98 Å². The van der Waals surface area contributed by atoms with Crippen LogP contribution < -0.4 is 5.32 Å². The molecular formula is C12H11FN2O2S. The number of rotatable bonds is 4. The van der Waals surface area contributed by atoms with Crippen LogP contribution in [0, 0.1) is 5.82 Å². The fraction of sp³-hybridized carbons (Fsp3) is 0.167. The lowest BCUT2D eigenvalue weighted by molar-refractivity contribution is -0.115. The van der Waals surface area contributed by atoms with Gasteiger partial charge in [0.25, 0.3) is 0 Å². The zero-order valence-corrected chi connectivity index (χ0v) is 10.2. The molecule has 4 nitrogen and oxygen atoms in total. The van der Waals surface area contributed by atoms with Crippen molar-refractivity contribution < 1.29 is 14.3 Å². The molecule has 0 aliphatic rings. The van der Waals surface area contributed by atoms with Crippen LogP contribution in [0.3, 0.4) is 0 Å². The average molecular weight is 266 g/mol. The largest absolute Gasteiger partial charge is 0.390 e. The molecule has 0 atom stereocenters. The van der Waals surface area contributed by atoms with Gasteiger partial charge in [0.2, 0.25) is 5.91 Å². The van der Waals surface area contributed by atoms with Crippen molar-refractivity contribution >= 4 is 22.9 Å². The predicted octanol–water partition coefficient (Wildman–Crippen LogP) is 1.96. The lowest BCUT2D eigenvalue weighted by atomic mass is 10.3. The second-order valence-electron chi connectivity index (χ2n) is 3.60. The molecule has 0 radical (unpaired) electrons. The molecule has 0 aliphatic heterocycles. The summed E-state index contributed by atoms with van der Waals surface area (Å²) in [5.41, 5.74) is 0.690. The van der Waals surface area contributed by atoms with Gasteiger partial charge in [0, 0.05) is 5.38 Å². The van der Waals surface area contributed by atoms with E-state index in [2.05, 4.69) is 10.3 Å². The number of thiazole rings is 1. The lowest BCUT2D eigenvalue weighted by Crippen LogP contribution is -2.15. The number of hydrogen-bond acceptors (Lipinski definition) is 4. The highest BCUT2D eigenvalue weighted by molar-refractivity contribution is 7.09. The number of aliphatic hydroxyl groups is 1. The average Bonchev–Trinajstić information content (AvgIpc) is 2.80. The van der Waals surface area contributed by atoms with Crippen LogP contribution in [0.15, 0.2) is 29.6 Å². The smallest absolute Gasteiger partial charge is 0.231 e. The first-order valence-electron chi connectivity index (χ1n) is 5.27. The number of carbonyl (C=O) groups is 1. The molecule has 18 heavy (non-hydrogen) atoms. The first kappa shape index (κ1) is 12.7. The van der Waals surface area contributed by atoms with Crippen LogP contribution in [0.5, 0.6) is 0 Å². The number of amides is 1. The van der Waals surface area contributed by atoms with E-state index in [0.29, 0.717) is 10.7 Å². The number of aliphatic hydroxyl groups excluding tert-OH is 1. The maximum absolute atomic E-state index is 13.3. The normalized spacial score (nSPS) is 10.3. The standard InChI is InChI=1S/C12H11FN2O2S/c13-9-3-1-2-4-10(9)15-11(17)5-12-14-8(6-16)7-18-12/h1-4,7,16H,5-6H2,(H,15,17). The van der Waals surface area contributed by atoms with E-state index in [4.69, 9.17) is 5.11 Å². The maximum Gasteiger partial charge on any atom is 0.231 e. The Morgan fingerprint density at radius 1 is 1.44 bits per heavy atom. The van der Waals surface area contributed by atoms with Gasteiger partial charge in [-0.2, -0.15) is 0 Å². The third-order valence-electron chi connectivity index (χ3n) is 2.22. The van der Waals surface area contributed by atoms with Crippen molar-refractivity contribution in [2.45, 2.75) is 13.0 Å². The minimum atomic E-state index is -0.471. The molecule has 2 N–H and O–H groups in total. The summed E-state index contributed by atoms with van der Waals surface area (Å²) in [6, 6.07) is 5.97. The fourth-order valence-corrected chi connectivity index (χ4v) is 2.18. The molecule has 0 saturated carbocycles. The van der Waals surface area contributed by atoms with E-state index in [1.165, 1.54) is 23.5 Å². The number of carbonyl (C=O) groups excluding carboxylic acids is 1. The summed E-state index contributed by atoms with van der Waals surface area (Å²) in [4.78, 5) is 15.7. The SMILES string of the molecule is O=C(Cc1nc(CO)cs1)Nc1ccccc1F. The van der Waals surface area contributed by atoms with Gasteiger partial charge in [0.1, 0.15) is 10.8 Å². The van der Waals surface area contributed by atoms with Crippen LogP contribution in [-0.4, -0.2) is 16.0 Å². The van der Waals surface area contributed by atoms with E-state index in [1.54, 1.807) is 17.5 Å². The number of benzene rings is 1. The zero-order chi connectivity index (χ0) is 13.0. The van der Waals surface area contributed by atoms with E-state index in [0.717, 1.165) is 0 Å². The van der Waals surface area contributed by atoms with Gasteiger partial charge in [-0.25, -0.2) is 9.37 Å². The highest BCUT2D eigenvalue weighted by Gasteiger charge is 2.09. The molecule has 1 aromatic carbocycles. The summed E-state index contributed by atoms with van der Waals surface area (Å²) in [7, 11) is 0. The van der Waals surface area contributed by atoms with Crippen molar-refractivity contribution in [2.75, 3.05) is 5.32 Å². The molecule has 0 fully saturated rings. The molecule has 1 amide bonds. The summed E-state index contributed by atoms with van der Waals surface area (Å²) in [5.74, 6) is -0.806. The summed E-state index contributed by atoms with van der Waals surface area (Å²) < 4.78 is 13.3. The van der Waals surface area contributed by atoms with E-state index in [-0.39, 0.29) is 24.6 Å².